The molecule has 6 nitrogen and oxygen atoms in total. The summed E-state index contributed by atoms with van der Waals surface area (Å²) >= 11 is 0. The van der Waals surface area contributed by atoms with Crippen LogP contribution in [0.25, 0.3) is 6.08 Å². The Kier molecular flexibility index (Phi) is 6.90. The number of rotatable bonds is 8. The normalized spacial score (nSPS) is 15.1. The van der Waals surface area contributed by atoms with Crippen molar-refractivity contribution in [1.82, 2.24) is 4.90 Å². The zero-order valence-electron chi connectivity index (χ0n) is 16.8. The molecule has 0 fully saturated rings. The Labute approximate surface area is 171 Å². The summed E-state index contributed by atoms with van der Waals surface area (Å²) in [7, 11) is 3.09. The average Bonchev–Trinajstić information content (AvgIpc) is 2.72. The van der Waals surface area contributed by atoms with E-state index in [-0.39, 0.29) is 0 Å². The molecular weight excluding hydrogens is 370 g/mol. The maximum Gasteiger partial charge on any atom is 0.328 e. The van der Waals surface area contributed by atoms with Gasteiger partial charge in [-0.1, -0.05) is 30.3 Å². The van der Waals surface area contributed by atoms with Gasteiger partial charge in [0.2, 0.25) is 0 Å². The fourth-order valence-electron chi connectivity index (χ4n) is 3.84. The van der Waals surface area contributed by atoms with Gasteiger partial charge in [-0.15, -0.1) is 0 Å². The van der Waals surface area contributed by atoms with E-state index < -0.39 is 12.1 Å². The van der Waals surface area contributed by atoms with Gasteiger partial charge in [-0.2, -0.15) is 0 Å². The summed E-state index contributed by atoms with van der Waals surface area (Å²) in [5.41, 5.74) is 4.09. The van der Waals surface area contributed by atoms with Crippen molar-refractivity contribution in [1.29, 1.82) is 0 Å². The fourth-order valence-corrected chi connectivity index (χ4v) is 3.84. The van der Waals surface area contributed by atoms with Crippen molar-refractivity contribution in [3.63, 3.8) is 0 Å². The lowest BCUT2D eigenvalue weighted by molar-refractivity contribution is -0.131. The van der Waals surface area contributed by atoms with E-state index in [1.807, 2.05) is 6.07 Å². The number of methoxy groups -OCH3 is 2. The number of benzene rings is 2. The zero-order chi connectivity index (χ0) is 20.8. The van der Waals surface area contributed by atoms with Gasteiger partial charge in [0.1, 0.15) is 0 Å². The van der Waals surface area contributed by atoms with E-state index in [1.54, 1.807) is 26.4 Å². The summed E-state index contributed by atoms with van der Waals surface area (Å²) in [6.07, 6.45) is 3.27. The van der Waals surface area contributed by atoms with Gasteiger partial charge in [0.25, 0.3) is 0 Å². The maximum atomic E-state index is 10.9. The Balaban J connectivity index is 1.78. The van der Waals surface area contributed by atoms with Gasteiger partial charge in [-0.05, 0) is 35.3 Å². The molecule has 1 aliphatic rings. The number of carboxylic acids is 1. The summed E-state index contributed by atoms with van der Waals surface area (Å²) in [5, 5.41) is 19.8. The van der Waals surface area contributed by atoms with Crippen LogP contribution in [0.3, 0.4) is 0 Å². The van der Waals surface area contributed by atoms with Crippen LogP contribution in [0.1, 0.15) is 22.3 Å². The highest BCUT2D eigenvalue weighted by atomic mass is 16.5. The van der Waals surface area contributed by atoms with Crippen LogP contribution in [-0.2, 0) is 24.2 Å². The van der Waals surface area contributed by atoms with Gasteiger partial charge in [0.05, 0.1) is 20.3 Å². The molecule has 1 aliphatic heterocycles. The average molecular weight is 397 g/mol. The Morgan fingerprint density at radius 3 is 2.62 bits per heavy atom. The van der Waals surface area contributed by atoms with E-state index in [0.717, 1.165) is 31.1 Å². The van der Waals surface area contributed by atoms with Gasteiger partial charge in [0.15, 0.2) is 11.5 Å². The number of aliphatic carboxylic acids is 1. The molecule has 0 saturated carbocycles. The van der Waals surface area contributed by atoms with Gasteiger partial charge in [-0.25, -0.2) is 4.79 Å². The number of carbonyl (C=O) groups is 1. The zero-order valence-corrected chi connectivity index (χ0v) is 16.8. The van der Waals surface area contributed by atoms with E-state index in [4.69, 9.17) is 14.6 Å². The molecule has 154 valence electrons. The smallest absolute Gasteiger partial charge is 0.328 e. The van der Waals surface area contributed by atoms with Crippen molar-refractivity contribution in [3.05, 3.63) is 64.7 Å². The second-order valence-corrected chi connectivity index (χ2v) is 7.15. The van der Waals surface area contributed by atoms with Crippen molar-refractivity contribution < 1.29 is 24.5 Å². The number of ether oxygens (including phenoxy) is 2. The van der Waals surface area contributed by atoms with E-state index in [0.29, 0.717) is 30.0 Å². The first-order chi connectivity index (χ1) is 14.0. The predicted octanol–water partition coefficient (Wildman–Crippen LogP) is 2.76. The monoisotopic (exact) mass is 397 g/mol. The summed E-state index contributed by atoms with van der Waals surface area (Å²) in [6.45, 7) is 2.24. The number of hydrogen-bond donors (Lipinski definition) is 2. The first-order valence-corrected chi connectivity index (χ1v) is 9.64. The van der Waals surface area contributed by atoms with Crippen molar-refractivity contribution in [2.45, 2.75) is 25.5 Å². The van der Waals surface area contributed by atoms with E-state index in [2.05, 4.69) is 23.1 Å². The Morgan fingerprint density at radius 2 is 1.93 bits per heavy atom. The lowest BCUT2D eigenvalue weighted by atomic mass is 9.97. The second-order valence-electron chi connectivity index (χ2n) is 7.15. The van der Waals surface area contributed by atoms with Crippen molar-refractivity contribution in [2.24, 2.45) is 0 Å². The van der Waals surface area contributed by atoms with Crippen LogP contribution in [-0.4, -0.2) is 54.5 Å². The molecule has 2 aromatic carbocycles. The molecule has 0 aliphatic carbocycles. The lowest BCUT2D eigenvalue weighted by Crippen LogP contribution is -2.37. The van der Waals surface area contributed by atoms with Crippen LogP contribution in [0.5, 0.6) is 11.5 Å². The quantitative estimate of drug-likeness (QED) is 0.667. The third kappa shape index (κ3) is 5.16. The van der Waals surface area contributed by atoms with Crippen LogP contribution in [0.4, 0.5) is 0 Å². The summed E-state index contributed by atoms with van der Waals surface area (Å²) in [6, 6.07) is 11.9. The molecule has 6 heteroatoms. The first-order valence-electron chi connectivity index (χ1n) is 9.64. The lowest BCUT2D eigenvalue weighted by Gasteiger charge is -2.30. The summed E-state index contributed by atoms with van der Waals surface area (Å²) in [5.74, 6) is 0.0374. The first kappa shape index (κ1) is 20.9. The number of nitrogens with zero attached hydrogens (tertiary/aromatic N) is 1. The van der Waals surface area contributed by atoms with Crippen LogP contribution in [0.2, 0.25) is 0 Å². The van der Waals surface area contributed by atoms with Crippen LogP contribution in [0.15, 0.2) is 42.5 Å². The number of hydrogen-bond acceptors (Lipinski definition) is 5. The number of β-amino-alcohol motifs (C(OH)–C–C–N with tert-alkyl or cyclic N) is 1. The van der Waals surface area contributed by atoms with Crippen LogP contribution in [0, 0.1) is 0 Å². The van der Waals surface area contributed by atoms with E-state index in [1.165, 1.54) is 17.2 Å². The molecule has 0 amide bonds. The third-order valence-corrected chi connectivity index (χ3v) is 5.21. The molecule has 1 atom stereocenters. The third-order valence-electron chi connectivity index (χ3n) is 5.21. The van der Waals surface area contributed by atoms with Gasteiger partial charge in [0, 0.05) is 37.7 Å². The molecule has 2 N–H and O–H groups in total. The molecule has 0 bridgehead atoms. The molecule has 0 saturated heterocycles. The van der Waals surface area contributed by atoms with Crippen LogP contribution >= 0.6 is 0 Å². The molecular formula is C23H27NO5. The molecule has 2 aromatic rings. The summed E-state index contributed by atoms with van der Waals surface area (Å²) < 4.78 is 10.9. The number of fused-ring (bicyclic) bond motifs is 1. The Morgan fingerprint density at radius 1 is 1.17 bits per heavy atom. The predicted molar refractivity (Wildman–Crippen MR) is 111 cm³/mol. The highest BCUT2D eigenvalue weighted by Gasteiger charge is 2.22. The van der Waals surface area contributed by atoms with Crippen molar-refractivity contribution in [2.75, 3.05) is 27.3 Å². The largest absolute Gasteiger partial charge is 0.493 e. The molecule has 0 radical (unpaired) electrons. The van der Waals surface area contributed by atoms with E-state index in [9.17, 15) is 9.90 Å². The highest BCUT2D eigenvalue weighted by molar-refractivity contribution is 5.86. The molecule has 0 spiro atoms. The molecule has 1 heterocycles. The second kappa shape index (κ2) is 9.58. The SMILES string of the molecule is COc1ccc(/C=C/C(=O)O)c(CC(O)CN2CCc3ccccc3C2)c1OC. The molecule has 0 aromatic heterocycles. The van der Waals surface area contributed by atoms with Gasteiger partial charge in [-0.3, -0.25) is 4.90 Å². The minimum absolute atomic E-state index is 0.331. The molecule has 29 heavy (non-hydrogen) atoms. The van der Waals surface area contributed by atoms with Crippen molar-refractivity contribution in [3.8, 4) is 11.5 Å². The number of carboxylic acid groups (broad SMARTS) is 1. The fraction of sp³-hybridized carbons (Fsp3) is 0.348. The molecule has 3 rings (SSSR count). The highest BCUT2D eigenvalue weighted by Crippen LogP contribution is 2.35. The van der Waals surface area contributed by atoms with Gasteiger partial charge < -0.3 is 19.7 Å². The number of aliphatic hydroxyl groups is 1. The van der Waals surface area contributed by atoms with E-state index >= 15 is 0 Å². The maximum absolute atomic E-state index is 10.9. The topological polar surface area (TPSA) is 79.2 Å². The molecule has 1 unspecified atom stereocenters. The summed E-state index contributed by atoms with van der Waals surface area (Å²) in [4.78, 5) is 13.2. The minimum Gasteiger partial charge on any atom is -0.493 e. The number of aliphatic hydroxyl groups excluding tert-OH is 1. The Bertz CT molecular complexity index is 893. The minimum atomic E-state index is -1.03. The standard InChI is InChI=1S/C23H27NO5/c1-28-21-9-7-17(8-10-22(26)27)20(23(21)29-2)13-19(25)15-24-12-11-16-5-3-4-6-18(16)14-24/h3-10,19,25H,11-15H2,1-2H3,(H,26,27)/b10-8+. The Hall–Kier alpha value is -2.83. The van der Waals surface area contributed by atoms with Crippen molar-refractivity contribution >= 4 is 12.0 Å². The van der Waals surface area contributed by atoms with Crippen LogP contribution < -0.4 is 9.47 Å². The van der Waals surface area contributed by atoms with Gasteiger partial charge >= 0.3 is 5.97 Å².